The van der Waals surface area contributed by atoms with Crippen molar-refractivity contribution in [2.45, 2.75) is 6.61 Å². The van der Waals surface area contributed by atoms with Gasteiger partial charge in [0.15, 0.2) is 11.5 Å². The van der Waals surface area contributed by atoms with E-state index in [-0.39, 0.29) is 12.2 Å². The van der Waals surface area contributed by atoms with E-state index < -0.39 is 15.7 Å². The molecule has 0 aliphatic rings. The van der Waals surface area contributed by atoms with Crippen molar-refractivity contribution in [2.75, 3.05) is 20.5 Å². The summed E-state index contributed by atoms with van der Waals surface area (Å²) in [5, 5.41) is 0.510. The zero-order valence-corrected chi connectivity index (χ0v) is 12.5. The lowest BCUT2D eigenvalue weighted by Crippen LogP contribution is -2.07. The molecule has 0 saturated heterocycles. The Morgan fingerprint density at radius 1 is 1.10 bits per heavy atom. The summed E-state index contributed by atoms with van der Waals surface area (Å²) in [7, 11) is -0.696. The second-order valence-corrected chi connectivity index (χ2v) is 5.90. The molecule has 21 heavy (non-hydrogen) atoms. The van der Waals surface area contributed by atoms with Gasteiger partial charge < -0.3 is 13.9 Å². The Hall–Kier alpha value is -2.06. The van der Waals surface area contributed by atoms with Crippen molar-refractivity contribution in [3.63, 3.8) is 0 Å². The molecule has 0 unspecified atom stereocenters. The van der Waals surface area contributed by atoms with Crippen LogP contribution in [0.15, 0.2) is 27.4 Å². The van der Waals surface area contributed by atoms with E-state index in [9.17, 15) is 13.2 Å². The fourth-order valence-corrected chi connectivity index (χ4v) is 2.18. The summed E-state index contributed by atoms with van der Waals surface area (Å²) in [4.78, 5) is 11.5. The largest absolute Gasteiger partial charge is 0.493 e. The maximum atomic E-state index is 11.5. The Labute approximate surface area is 121 Å². The van der Waals surface area contributed by atoms with Crippen LogP contribution in [0.25, 0.3) is 11.0 Å². The highest BCUT2D eigenvalue weighted by Crippen LogP contribution is 2.33. The summed E-state index contributed by atoms with van der Waals surface area (Å²) in [6.07, 6.45) is 0.935. The third kappa shape index (κ3) is 3.53. The van der Waals surface area contributed by atoms with Crippen molar-refractivity contribution >= 4 is 21.1 Å². The van der Waals surface area contributed by atoms with Gasteiger partial charge in [0.25, 0.3) is 10.1 Å². The second-order valence-electron chi connectivity index (χ2n) is 4.26. The van der Waals surface area contributed by atoms with Gasteiger partial charge >= 0.3 is 5.63 Å². The number of ether oxygens (including phenoxy) is 2. The molecule has 7 nitrogen and oxygen atoms in total. The van der Waals surface area contributed by atoms with Gasteiger partial charge in [-0.3, -0.25) is 4.18 Å². The summed E-state index contributed by atoms with van der Waals surface area (Å²) < 4.78 is 42.3. The van der Waals surface area contributed by atoms with Crippen LogP contribution in [-0.4, -0.2) is 28.9 Å². The molecule has 0 spiro atoms. The van der Waals surface area contributed by atoms with E-state index in [2.05, 4.69) is 0 Å². The Morgan fingerprint density at radius 2 is 1.71 bits per heavy atom. The first kappa shape index (κ1) is 15.3. The number of hydrogen-bond acceptors (Lipinski definition) is 7. The number of methoxy groups -OCH3 is 2. The Bertz CT molecular complexity index is 820. The van der Waals surface area contributed by atoms with Gasteiger partial charge in [0.2, 0.25) is 0 Å². The van der Waals surface area contributed by atoms with Crippen LogP contribution in [0, 0.1) is 0 Å². The van der Waals surface area contributed by atoms with Crippen LogP contribution >= 0.6 is 0 Å². The second kappa shape index (κ2) is 5.74. The number of hydrogen-bond donors (Lipinski definition) is 0. The van der Waals surface area contributed by atoms with Crippen molar-refractivity contribution in [2.24, 2.45) is 0 Å². The number of rotatable bonds is 5. The van der Waals surface area contributed by atoms with Gasteiger partial charge in [0.05, 0.1) is 27.1 Å². The Morgan fingerprint density at radius 3 is 2.29 bits per heavy atom. The minimum atomic E-state index is -3.62. The summed E-state index contributed by atoms with van der Waals surface area (Å²) in [6, 6.07) is 4.27. The van der Waals surface area contributed by atoms with E-state index >= 15 is 0 Å². The quantitative estimate of drug-likeness (QED) is 0.606. The normalized spacial score (nSPS) is 11.6. The first-order valence-corrected chi connectivity index (χ1v) is 7.69. The molecule has 0 amide bonds. The van der Waals surface area contributed by atoms with Crippen molar-refractivity contribution in [3.8, 4) is 11.5 Å². The highest BCUT2D eigenvalue weighted by atomic mass is 32.2. The van der Waals surface area contributed by atoms with E-state index in [0.29, 0.717) is 22.4 Å². The lowest BCUT2D eigenvalue weighted by molar-refractivity contribution is 0.312. The first-order valence-electron chi connectivity index (χ1n) is 5.87. The first-order chi connectivity index (χ1) is 9.84. The summed E-state index contributed by atoms with van der Waals surface area (Å²) >= 11 is 0. The van der Waals surface area contributed by atoms with Crippen molar-refractivity contribution in [1.29, 1.82) is 0 Å². The smallest absolute Gasteiger partial charge is 0.336 e. The SMILES string of the molecule is COc1cc2oc(=O)cc(COS(C)(=O)=O)c2cc1OC. The molecule has 0 aliphatic carbocycles. The van der Waals surface area contributed by atoms with Gasteiger partial charge in [-0.1, -0.05) is 0 Å². The molecule has 1 heterocycles. The van der Waals surface area contributed by atoms with E-state index in [1.165, 1.54) is 26.4 Å². The van der Waals surface area contributed by atoms with Crippen LogP contribution in [-0.2, 0) is 20.9 Å². The molecule has 0 atom stereocenters. The monoisotopic (exact) mass is 314 g/mol. The fourth-order valence-electron chi connectivity index (χ4n) is 1.84. The topological polar surface area (TPSA) is 92.0 Å². The van der Waals surface area contributed by atoms with Gasteiger partial charge in [-0.2, -0.15) is 8.42 Å². The van der Waals surface area contributed by atoms with E-state index in [4.69, 9.17) is 18.1 Å². The molecule has 0 N–H and O–H groups in total. The molecule has 0 bridgehead atoms. The number of benzene rings is 1. The Kier molecular flexibility index (Phi) is 4.19. The third-order valence-corrected chi connectivity index (χ3v) is 3.31. The predicted octanol–water partition coefficient (Wildman–Crippen LogP) is 1.29. The van der Waals surface area contributed by atoms with Crippen LogP contribution in [0.4, 0.5) is 0 Å². The molecular formula is C13H14O7S. The molecule has 114 valence electrons. The van der Waals surface area contributed by atoms with Crippen molar-refractivity contribution in [3.05, 3.63) is 34.2 Å². The van der Waals surface area contributed by atoms with Gasteiger partial charge in [0.1, 0.15) is 5.58 Å². The highest BCUT2D eigenvalue weighted by Gasteiger charge is 2.13. The molecule has 8 heteroatoms. The standard InChI is InChI=1S/C13H14O7S/c1-17-11-5-9-8(7-19-21(3,15)16)4-13(14)20-10(9)6-12(11)18-2/h4-6H,7H2,1-3H3. The maximum Gasteiger partial charge on any atom is 0.336 e. The fraction of sp³-hybridized carbons (Fsp3) is 0.308. The van der Waals surface area contributed by atoms with E-state index in [1.54, 1.807) is 6.07 Å². The molecule has 1 aromatic heterocycles. The lowest BCUT2D eigenvalue weighted by Gasteiger charge is -2.10. The molecule has 0 aliphatic heterocycles. The molecule has 0 radical (unpaired) electrons. The zero-order valence-electron chi connectivity index (χ0n) is 11.7. The molecular weight excluding hydrogens is 300 g/mol. The maximum absolute atomic E-state index is 11.5. The van der Waals surface area contributed by atoms with Crippen LogP contribution in [0.5, 0.6) is 11.5 Å². The summed E-state index contributed by atoms with van der Waals surface area (Å²) in [6.45, 7) is -0.267. The minimum absolute atomic E-state index is 0.257. The zero-order chi connectivity index (χ0) is 15.6. The average Bonchev–Trinajstić information content (AvgIpc) is 2.42. The summed E-state index contributed by atoms with van der Waals surface area (Å²) in [5.41, 5.74) is 0.0294. The van der Waals surface area contributed by atoms with Crippen LogP contribution in [0.1, 0.15) is 5.56 Å². The van der Waals surface area contributed by atoms with E-state index in [0.717, 1.165) is 6.26 Å². The molecule has 2 aromatic rings. The van der Waals surface area contributed by atoms with Crippen LogP contribution in [0.3, 0.4) is 0 Å². The molecule has 0 saturated carbocycles. The third-order valence-electron chi connectivity index (χ3n) is 2.76. The highest BCUT2D eigenvalue weighted by molar-refractivity contribution is 7.85. The molecule has 2 rings (SSSR count). The molecule has 1 aromatic carbocycles. The summed E-state index contributed by atoms with van der Waals surface area (Å²) in [5.74, 6) is 0.828. The average molecular weight is 314 g/mol. The van der Waals surface area contributed by atoms with Crippen LogP contribution in [0.2, 0.25) is 0 Å². The predicted molar refractivity (Wildman–Crippen MR) is 75.2 cm³/mol. The van der Waals surface area contributed by atoms with E-state index in [1.807, 2.05) is 0 Å². The number of fused-ring (bicyclic) bond motifs is 1. The molecule has 0 fully saturated rings. The van der Waals surface area contributed by atoms with Crippen molar-refractivity contribution < 1.29 is 26.5 Å². The van der Waals surface area contributed by atoms with Gasteiger partial charge in [-0.05, 0) is 11.6 Å². The van der Waals surface area contributed by atoms with Crippen molar-refractivity contribution in [1.82, 2.24) is 0 Å². The van der Waals surface area contributed by atoms with Gasteiger partial charge in [-0.25, -0.2) is 4.79 Å². The Balaban J connectivity index is 2.61. The van der Waals surface area contributed by atoms with Gasteiger partial charge in [0, 0.05) is 17.5 Å². The van der Waals surface area contributed by atoms with Crippen LogP contribution < -0.4 is 15.1 Å². The lowest BCUT2D eigenvalue weighted by atomic mass is 10.1. The van der Waals surface area contributed by atoms with Gasteiger partial charge in [-0.15, -0.1) is 0 Å². The minimum Gasteiger partial charge on any atom is -0.493 e.